The van der Waals surface area contributed by atoms with E-state index in [0.717, 1.165) is 23.4 Å². The van der Waals surface area contributed by atoms with E-state index in [1.807, 2.05) is 26.4 Å². The summed E-state index contributed by atoms with van der Waals surface area (Å²) in [6.45, 7) is 7.59. The van der Waals surface area contributed by atoms with E-state index in [9.17, 15) is 5.11 Å². The second-order valence-electron chi connectivity index (χ2n) is 5.43. The summed E-state index contributed by atoms with van der Waals surface area (Å²) in [5, 5.41) is 10.4. The van der Waals surface area contributed by atoms with Crippen LogP contribution < -0.4 is 0 Å². The minimum absolute atomic E-state index is 0.451. The molecule has 0 radical (unpaired) electrons. The van der Waals surface area contributed by atoms with Gasteiger partial charge < -0.3 is 5.11 Å². The Morgan fingerprint density at radius 2 is 2.05 bits per heavy atom. The molecule has 1 aromatic carbocycles. The smallest absolute Gasteiger partial charge is 0.0919 e. The van der Waals surface area contributed by atoms with Crippen molar-refractivity contribution < 1.29 is 5.11 Å². The fourth-order valence-electron chi connectivity index (χ4n) is 2.30. The van der Waals surface area contributed by atoms with Crippen molar-refractivity contribution in [2.24, 2.45) is 0 Å². The minimum Gasteiger partial charge on any atom is -0.387 e. The SMILES string of the molecule is Cc1ccc(C)c([C@H](O)CN(C)Cc2scnc2C)c1. The predicted molar refractivity (Wildman–Crippen MR) is 84.1 cm³/mol. The zero-order chi connectivity index (χ0) is 14.7. The van der Waals surface area contributed by atoms with Crippen LogP contribution in [0.3, 0.4) is 0 Å². The number of aromatic nitrogens is 1. The summed E-state index contributed by atoms with van der Waals surface area (Å²) >= 11 is 1.67. The summed E-state index contributed by atoms with van der Waals surface area (Å²) in [5.74, 6) is 0. The lowest BCUT2D eigenvalue weighted by atomic mass is 10.0. The van der Waals surface area contributed by atoms with Crippen LogP contribution in [0.1, 0.15) is 33.4 Å². The van der Waals surface area contributed by atoms with Gasteiger partial charge in [0, 0.05) is 18.0 Å². The third kappa shape index (κ3) is 3.66. The van der Waals surface area contributed by atoms with Gasteiger partial charge in [-0.3, -0.25) is 4.90 Å². The normalized spacial score (nSPS) is 12.9. The summed E-state index contributed by atoms with van der Waals surface area (Å²) < 4.78 is 0. The minimum atomic E-state index is -0.451. The Kier molecular flexibility index (Phi) is 4.91. The molecule has 20 heavy (non-hydrogen) atoms. The fraction of sp³-hybridized carbons (Fsp3) is 0.438. The van der Waals surface area contributed by atoms with Gasteiger partial charge in [-0.25, -0.2) is 4.98 Å². The lowest BCUT2D eigenvalue weighted by molar-refractivity contribution is 0.123. The molecular weight excluding hydrogens is 268 g/mol. The van der Waals surface area contributed by atoms with E-state index in [1.165, 1.54) is 10.4 Å². The largest absolute Gasteiger partial charge is 0.387 e. The van der Waals surface area contributed by atoms with Crippen LogP contribution in [-0.4, -0.2) is 28.6 Å². The third-order valence-corrected chi connectivity index (χ3v) is 4.46. The van der Waals surface area contributed by atoms with E-state index in [4.69, 9.17) is 0 Å². The van der Waals surface area contributed by atoms with Crippen molar-refractivity contribution in [2.45, 2.75) is 33.4 Å². The molecule has 0 aliphatic rings. The highest BCUT2D eigenvalue weighted by Crippen LogP contribution is 2.21. The molecule has 0 bridgehead atoms. The van der Waals surface area contributed by atoms with E-state index < -0.39 is 6.10 Å². The summed E-state index contributed by atoms with van der Waals surface area (Å²) in [7, 11) is 2.04. The van der Waals surface area contributed by atoms with Gasteiger partial charge in [0.2, 0.25) is 0 Å². The summed E-state index contributed by atoms with van der Waals surface area (Å²) in [4.78, 5) is 7.67. The number of benzene rings is 1. The Hall–Kier alpha value is -1.23. The van der Waals surface area contributed by atoms with Gasteiger partial charge in [0.15, 0.2) is 0 Å². The quantitative estimate of drug-likeness (QED) is 0.918. The topological polar surface area (TPSA) is 36.4 Å². The highest BCUT2D eigenvalue weighted by atomic mass is 32.1. The molecule has 1 heterocycles. The molecule has 1 atom stereocenters. The zero-order valence-electron chi connectivity index (χ0n) is 12.6. The molecule has 0 spiro atoms. The van der Waals surface area contributed by atoms with Gasteiger partial charge in [-0.05, 0) is 38.9 Å². The lowest BCUT2D eigenvalue weighted by Gasteiger charge is -2.22. The number of likely N-dealkylation sites (N-methyl/N-ethyl adjacent to an activating group) is 1. The van der Waals surface area contributed by atoms with E-state index in [1.54, 1.807) is 11.3 Å². The van der Waals surface area contributed by atoms with Gasteiger partial charge in [-0.1, -0.05) is 23.8 Å². The first-order valence-corrected chi connectivity index (χ1v) is 7.68. The Bertz CT molecular complexity index is 580. The first-order chi connectivity index (χ1) is 9.47. The summed E-state index contributed by atoms with van der Waals surface area (Å²) in [6.07, 6.45) is -0.451. The van der Waals surface area contributed by atoms with Crippen LogP contribution in [0.2, 0.25) is 0 Å². The van der Waals surface area contributed by atoms with Crippen LogP contribution >= 0.6 is 11.3 Å². The molecule has 108 valence electrons. The van der Waals surface area contributed by atoms with Gasteiger partial charge in [-0.15, -0.1) is 11.3 Å². The van der Waals surface area contributed by atoms with Crippen molar-refractivity contribution in [2.75, 3.05) is 13.6 Å². The van der Waals surface area contributed by atoms with Crippen molar-refractivity contribution in [1.82, 2.24) is 9.88 Å². The first-order valence-electron chi connectivity index (χ1n) is 6.80. The molecule has 0 unspecified atom stereocenters. The number of hydrogen-bond acceptors (Lipinski definition) is 4. The maximum absolute atomic E-state index is 10.4. The van der Waals surface area contributed by atoms with Crippen molar-refractivity contribution >= 4 is 11.3 Å². The van der Waals surface area contributed by atoms with Crippen molar-refractivity contribution in [3.05, 3.63) is 51.0 Å². The second kappa shape index (κ2) is 6.48. The number of thiazole rings is 1. The Morgan fingerprint density at radius 3 is 2.70 bits per heavy atom. The molecule has 2 rings (SSSR count). The number of aryl methyl sites for hydroxylation is 3. The molecule has 0 aliphatic heterocycles. The molecular formula is C16H22N2OS. The lowest BCUT2D eigenvalue weighted by Crippen LogP contribution is -2.24. The van der Waals surface area contributed by atoms with Crippen LogP contribution in [0.4, 0.5) is 0 Å². The molecule has 0 saturated carbocycles. The van der Waals surface area contributed by atoms with Gasteiger partial charge in [-0.2, -0.15) is 0 Å². The van der Waals surface area contributed by atoms with Gasteiger partial charge in [0.05, 0.1) is 17.3 Å². The Labute approximate surface area is 124 Å². The van der Waals surface area contributed by atoms with Gasteiger partial charge in [0.1, 0.15) is 0 Å². The van der Waals surface area contributed by atoms with E-state index >= 15 is 0 Å². The standard InChI is InChI=1S/C16H22N2OS/c1-11-5-6-12(2)14(7-11)15(19)8-18(4)9-16-13(3)17-10-20-16/h5-7,10,15,19H,8-9H2,1-4H3/t15-/m1/s1. The monoisotopic (exact) mass is 290 g/mol. The van der Waals surface area contributed by atoms with Crippen molar-refractivity contribution in [3.63, 3.8) is 0 Å². The van der Waals surface area contributed by atoms with Gasteiger partial charge in [0.25, 0.3) is 0 Å². The number of aliphatic hydroxyl groups excluding tert-OH is 1. The maximum atomic E-state index is 10.4. The molecule has 1 aromatic heterocycles. The van der Waals surface area contributed by atoms with E-state index in [-0.39, 0.29) is 0 Å². The Balaban J connectivity index is 2.02. The van der Waals surface area contributed by atoms with Crippen LogP contribution in [0.15, 0.2) is 23.7 Å². The summed E-state index contributed by atoms with van der Waals surface area (Å²) in [5.41, 5.74) is 6.32. The highest BCUT2D eigenvalue weighted by molar-refractivity contribution is 7.09. The van der Waals surface area contributed by atoms with Crippen LogP contribution in [-0.2, 0) is 6.54 Å². The third-order valence-electron chi connectivity index (χ3n) is 3.54. The average molecular weight is 290 g/mol. The molecule has 0 amide bonds. The Morgan fingerprint density at radius 1 is 1.30 bits per heavy atom. The first kappa shape index (κ1) is 15.2. The van der Waals surface area contributed by atoms with Crippen molar-refractivity contribution in [3.8, 4) is 0 Å². The van der Waals surface area contributed by atoms with Crippen LogP contribution in [0, 0.1) is 20.8 Å². The molecule has 1 N–H and O–H groups in total. The molecule has 2 aromatic rings. The van der Waals surface area contributed by atoms with E-state index in [2.05, 4.69) is 35.0 Å². The van der Waals surface area contributed by atoms with Crippen LogP contribution in [0.25, 0.3) is 0 Å². The fourth-order valence-corrected chi connectivity index (χ4v) is 3.16. The molecule has 0 aliphatic carbocycles. The maximum Gasteiger partial charge on any atom is 0.0919 e. The predicted octanol–water partition coefficient (Wildman–Crippen LogP) is 3.23. The molecule has 0 saturated heterocycles. The average Bonchev–Trinajstić information content (AvgIpc) is 2.77. The number of rotatable bonds is 5. The zero-order valence-corrected chi connectivity index (χ0v) is 13.4. The van der Waals surface area contributed by atoms with E-state index in [0.29, 0.717) is 6.54 Å². The molecule has 3 nitrogen and oxygen atoms in total. The second-order valence-corrected chi connectivity index (χ2v) is 6.37. The number of aliphatic hydroxyl groups is 1. The van der Waals surface area contributed by atoms with Crippen LogP contribution in [0.5, 0.6) is 0 Å². The number of hydrogen-bond donors (Lipinski definition) is 1. The number of nitrogens with zero attached hydrogens (tertiary/aromatic N) is 2. The van der Waals surface area contributed by atoms with Crippen molar-refractivity contribution in [1.29, 1.82) is 0 Å². The molecule has 4 heteroatoms. The molecule has 0 fully saturated rings. The van der Waals surface area contributed by atoms with Gasteiger partial charge >= 0.3 is 0 Å². The highest BCUT2D eigenvalue weighted by Gasteiger charge is 2.14. The summed E-state index contributed by atoms with van der Waals surface area (Å²) in [6, 6.07) is 6.23.